The largest absolute Gasteiger partial charge is 0.393 e. The Morgan fingerprint density at radius 2 is 0.632 bits per heavy atom. The van der Waals surface area contributed by atoms with Gasteiger partial charge in [0.25, 0.3) is 0 Å². The highest BCUT2D eigenvalue weighted by molar-refractivity contribution is 6.16. The van der Waals surface area contributed by atoms with Gasteiger partial charge in [-0.25, -0.2) is 0 Å². The van der Waals surface area contributed by atoms with Crippen LogP contribution in [0.25, 0.3) is 0 Å². The van der Waals surface area contributed by atoms with Gasteiger partial charge in [-0.05, 0) is 51.4 Å². The zero-order valence-corrected chi connectivity index (χ0v) is 38.0. The van der Waals surface area contributed by atoms with E-state index in [0.29, 0.717) is 19.3 Å². The number of carbonyl (C=O) groups is 3. The minimum absolute atomic E-state index is 0.0839. The van der Waals surface area contributed by atoms with Crippen LogP contribution in [0.1, 0.15) is 265 Å². The molecule has 6 heteroatoms. The lowest BCUT2D eigenvalue weighted by molar-refractivity contribution is -0.194. The summed E-state index contributed by atoms with van der Waals surface area (Å²) in [5, 5.41) is 33.9. The highest BCUT2D eigenvalue weighted by Gasteiger charge is 2.62. The third-order valence-electron chi connectivity index (χ3n) is 12.0. The Balaban J connectivity index is 5.00. The number of ketones is 3. The molecule has 0 aliphatic carbocycles. The molecular formula is C51H94O6. The number of hydrogen-bond acceptors (Lipinski definition) is 6. The topological polar surface area (TPSA) is 112 Å². The molecule has 6 nitrogen and oxygen atoms in total. The lowest BCUT2D eigenvalue weighted by Crippen LogP contribution is -2.69. The molecule has 0 aromatic heterocycles. The van der Waals surface area contributed by atoms with Gasteiger partial charge in [0, 0.05) is 19.3 Å². The molecule has 0 bridgehead atoms. The minimum atomic E-state index is -2.93. The fourth-order valence-electron chi connectivity index (χ4n) is 7.94. The normalized spacial score (nSPS) is 14.1. The van der Waals surface area contributed by atoms with Crippen LogP contribution in [0.2, 0.25) is 0 Å². The zero-order valence-electron chi connectivity index (χ0n) is 38.0. The Bertz CT molecular complexity index is 1000. The van der Waals surface area contributed by atoms with Crippen LogP contribution in [0.4, 0.5) is 0 Å². The van der Waals surface area contributed by atoms with Gasteiger partial charge >= 0.3 is 0 Å². The molecule has 3 N–H and O–H groups in total. The number of carbonyl (C=O) groups excluding carboxylic acids is 3. The fourth-order valence-corrected chi connectivity index (χ4v) is 7.94. The Kier molecular flexibility index (Phi) is 38.7. The second-order valence-corrected chi connectivity index (χ2v) is 17.3. The molecule has 0 spiro atoms. The van der Waals surface area contributed by atoms with E-state index in [1.165, 1.54) is 109 Å². The lowest BCUT2D eigenvalue weighted by atomic mass is 9.71. The van der Waals surface area contributed by atoms with E-state index in [4.69, 9.17) is 0 Å². The van der Waals surface area contributed by atoms with E-state index in [1.807, 2.05) is 0 Å². The zero-order chi connectivity index (χ0) is 42.1. The third kappa shape index (κ3) is 27.7. The van der Waals surface area contributed by atoms with Crippen LogP contribution in [0, 0.1) is 0 Å². The third-order valence-corrected chi connectivity index (χ3v) is 12.0. The first-order valence-electron chi connectivity index (χ1n) is 24.7. The van der Waals surface area contributed by atoms with Crippen molar-refractivity contribution >= 4 is 17.3 Å². The molecule has 0 fully saturated rings. The van der Waals surface area contributed by atoms with Crippen molar-refractivity contribution < 1.29 is 29.7 Å². The maximum absolute atomic E-state index is 13.7. The quantitative estimate of drug-likeness (QED) is 0.0321. The van der Waals surface area contributed by atoms with Gasteiger partial charge in [0.2, 0.25) is 5.60 Å². The van der Waals surface area contributed by atoms with Gasteiger partial charge in [-0.1, -0.05) is 218 Å². The number of aliphatic hydroxyl groups is 3. The molecule has 0 heterocycles. The number of Topliss-reactive ketones (excluding diaryl/α,β-unsaturated/α-hetero) is 3. The summed E-state index contributed by atoms with van der Waals surface area (Å²) in [5.41, 5.74) is -5.75. The summed E-state index contributed by atoms with van der Waals surface area (Å²) in [5.74, 6) is -2.48. The molecule has 334 valence electrons. The first kappa shape index (κ1) is 55.4. The highest BCUT2D eigenvalue weighted by Crippen LogP contribution is 2.32. The number of rotatable bonds is 45. The van der Waals surface area contributed by atoms with Crippen molar-refractivity contribution in [1.29, 1.82) is 0 Å². The van der Waals surface area contributed by atoms with E-state index in [0.717, 1.165) is 96.3 Å². The molecule has 0 saturated heterocycles. The molecule has 0 radical (unpaired) electrons. The van der Waals surface area contributed by atoms with Gasteiger partial charge in [-0.2, -0.15) is 0 Å². The monoisotopic (exact) mass is 803 g/mol. The predicted octanol–water partition coefficient (Wildman–Crippen LogP) is 14.1. The highest BCUT2D eigenvalue weighted by atomic mass is 16.4. The predicted molar refractivity (Wildman–Crippen MR) is 243 cm³/mol. The number of hydrogen-bond donors (Lipinski definition) is 3. The molecule has 2 atom stereocenters. The molecule has 0 saturated carbocycles. The first-order valence-corrected chi connectivity index (χ1v) is 24.7. The molecule has 57 heavy (non-hydrogen) atoms. The summed E-state index contributed by atoms with van der Waals surface area (Å²) in [6, 6.07) is 0. The Labute approximate surface area is 352 Å². The maximum atomic E-state index is 13.7. The average molecular weight is 803 g/mol. The van der Waals surface area contributed by atoms with E-state index < -0.39 is 35.2 Å². The van der Waals surface area contributed by atoms with Gasteiger partial charge in [-0.3, -0.25) is 14.4 Å². The molecular weight excluding hydrogens is 709 g/mol. The number of unbranched alkanes of at least 4 members (excludes halogenated alkanes) is 30. The van der Waals surface area contributed by atoms with Gasteiger partial charge in [0.05, 0.1) is 6.61 Å². The van der Waals surface area contributed by atoms with Crippen molar-refractivity contribution in [3.05, 3.63) is 24.3 Å². The summed E-state index contributed by atoms with van der Waals surface area (Å²) in [6.07, 6.45) is 46.8. The Morgan fingerprint density at radius 1 is 0.368 bits per heavy atom. The average Bonchev–Trinajstić information content (AvgIpc) is 3.21. The first-order chi connectivity index (χ1) is 27.8. The molecule has 0 rings (SSSR count). The molecule has 2 unspecified atom stereocenters. The molecule has 0 aromatic carbocycles. The van der Waals surface area contributed by atoms with Crippen LogP contribution in [0.3, 0.4) is 0 Å². The Morgan fingerprint density at radius 3 is 0.965 bits per heavy atom. The standard InChI is InChI=1S/C51H94O6/c1-4-7-10-13-16-19-22-24-25-27-30-33-36-39-42-45-49(55)51(57,48(54)44-41-38-35-32-29-26-23-20-17-14-11-8-5-2)50(56,46-52)47(53)43-40-37-34-31-28-21-18-15-12-9-6-3/h16,19,24-25,52,56-57H,4-15,17-18,20-23,26-46H2,1-3H3/b19-16-,25-24-. The Hall–Kier alpha value is -1.63. The van der Waals surface area contributed by atoms with E-state index in [2.05, 4.69) is 45.1 Å². The van der Waals surface area contributed by atoms with E-state index in [1.54, 1.807) is 0 Å². The van der Waals surface area contributed by atoms with Crippen molar-refractivity contribution in [2.24, 2.45) is 0 Å². The van der Waals surface area contributed by atoms with Gasteiger partial charge in [0.1, 0.15) is 0 Å². The number of aliphatic hydroxyl groups excluding tert-OH is 1. The summed E-state index contributed by atoms with van der Waals surface area (Å²) in [6.45, 7) is 5.53. The van der Waals surface area contributed by atoms with E-state index in [-0.39, 0.29) is 19.3 Å². The molecule has 0 aromatic rings. The van der Waals surface area contributed by atoms with Crippen molar-refractivity contribution in [2.45, 2.75) is 276 Å². The van der Waals surface area contributed by atoms with Gasteiger partial charge in [0.15, 0.2) is 23.0 Å². The summed E-state index contributed by atoms with van der Waals surface area (Å²) in [4.78, 5) is 41.0. The summed E-state index contributed by atoms with van der Waals surface area (Å²) in [7, 11) is 0. The van der Waals surface area contributed by atoms with Crippen LogP contribution < -0.4 is 0 Å². The maximum Gasteiger partial charge on any atom is 0.219 e. The lowest BCUT2D eigenvalue weighted by Gasteiger charge is -2.39. The SMILES string of the molecule is CCCCC/C=C\C/C=C\CCCCCCCC(=O)C(O)(C(=O)CCCCCCCCCCCCCCC)C(O)(CO)C(=O)CCCCCCCCCCCCC. The second kappa shape index (κ2) is 39.8. The molecule has 0 aliphatic heterocycles. The van der Waals surface area contributed by atoms with Crippen LogP contribution >= 0.6 is 0 Å². The molecule has 0 aliphatic rings. The van der Waals surface area contributed by atoms with Crippen LogP contribution in [0.5, 0.6) is 0 Å². The van der Waals surface area contributed by atoms with Crippen LogP contribution in [-0.4, -0.2) is 50.5 Å². The minimum Gasteiger partial charge on any atom is -0.393 e. The summed E-state index contributed by atoms with van der Waals surface area (Å²) < 4.78 is 0. The smallest absolute Gasteiger partial charge is 0.219 e. The molecule has 0 amide bonds. The van der Waals surface area contributed by atoms with E-state index >= 15 is 0 Å². The van der Waals surface area contributed by atoms with Crippen molar-refractivity contribution in [1.82, 2.24) is 0 Å². The van der Waals surface area contributed by atoms with Crippen molar-refractivity contribution in [3.63, 3.8) is 0 Å². The van der Waals surface area contributed by atoms with Gasteiger partial charge in [-0.15, -0.1) is 0 Å². The van der Waals surface area contributed by atoms with Crippen molar-refractivity contribution in [2.75, 3.05) is 6.61 Å². The fraction of sp³-hybridized carbons (Fsp3) is 0.863. The second-order valence-electron chi connectivity index (χ2n) is 17.3. The number of allylic oxidation sites excluding steroid dienone is 4. The van der Waals surface area contributed by atoms with Crippen LogP contribution in [0.15, 0.2) is 24.3 Å². The van der Waals surface area contributed by atoms with Crippen LogP contribution in [-0.2, 0) is 14.4 Å². The van der Waals surface area contributed by atoms with Gasteiger partial charge < -0.3 is 15.3 Å². The van der Waals surface area contributed by atoms with E-state index in [9.17, 15) is 29.7 Å². The summed E-state index contributed by atoms with van der Waals surface area (Å²) >= 11 is 0. The van der Waals surface area contributed by atoms with Crippen molar-refractivity contribution in [3.8, 4) is 0 Å².